The number of aliphatic hydroxyl groups excluding tert-OH is 7. The highest BCUT2D eigenvalue weighted by Gasteiger charge is 2.47. The Hall–Kier alpha value is -2.02. The fraction of sp³-hybridized carbons (Fsp3) is 0.902. The summed E-state index contributed by atoms with van der Waals surface area (Å²) in [7, 11) is 0. The van der Waals surface area contributed by atoms with Crippen LogP contribution >= 0.6 is 0 Å². The normalized spacial score (nSPS) is 24.4. The molecule has 2 aliphatic heterocycles. The molecule has 2 fully saturated rings. The summed E-state index contributed by atoms with van der Waals surface area (Å²) in [6, 6.07) is 0. The second kappa shape index (κ2) is 47.8. The lowest BCUT2D eigenvalue weighted by Gasteiger charge is -2.42. The van der Waals surface area contributed by atoms with Gasteiger partial charge in [-0.25, -0.2) is 0 Å². The average Bonchev–Trinajstić information content (AvgIpc) is 3.42. The quantitative estimate of drug-likeness (QED) is 0.0171. The van der Waals surface area contributed by atoms with Crippen LogP contribution in [0.1, 0.15) is 258 Å². The Labute approximate surface area is 460 Å². The van der Waals surface area contributed by atoms with Gasteiger partial charge < -0.3 is 64.2 Å². The predicted molar refractivity (Wildman–Crippen MR) is 298 cm³/mol. The van der Waals surface area contributed by atoms with Crippen LogP contribution in [0.3, 0.4) is 0 Å². The van der Waals surface area contributed by atoms with Crippen LogP contribution in [0.25, 0.3) is 0 Å². The minimum absolute atomic E-state index is 0.162. The molecule has 2 rings (SSSR count). The van der Waals surface area contributed by atoms with E-state index in [4.69, 9.17) is 28.4 Å². The molecule has 7 N–H and O–H groups in total. The van der Waals surface area contributed by atoms with Crippen molar-refractivity contribution in [3.05, 3.63) is 24.3 Å². The molecule has 0 aromatic heterocycles. The van der Waals surface area contributed by atoms with Crippen LogP contribution in [0, 0.1) is 0 Å². The molecule has 2 heterocycles. The molecule has 0 aromatic carbocycles. The van der Waals surface area contributed by atoms with E-state index in [9.17, 15) is 45.3 Å². The lowest BCUT2D eigenvalue weighted by Crippen LogP contribution is -2.61. The summed E-state index contributed by atoms with van der Waals surface area (Å²) in [6.07, 6.45) is 36.4. The van der Waals surface area contributed by atoms with E-state index in [0.29, 0.717) is 19.3 Å². The molecule has 76 heavy (non-hydrogen) atoms. The van der Waals surface area contributed by atoms with E-state index in [2.05, 4.69) is 38.2 Å². The van der Waals surface area contributed by atoms with Gasteiger partial charge in [-0.1, -0.05) is 224 Å². The molecule has 2 aliphatic rings. The molecule has 0 amide bonds. The maximum Gasteiger partial charge on any atom is 0.306 e. The van der Waals surface area contributed by atoms with Gasteiger partial charge in [0.1, 0.15) is 55.4 Å². The van der Waals surface area contributed by atoms with E-state index in [0.717, 1.165) is 38.5 Å². The first-order valence-electron chi connectivity index (χ1n) is 30.9. The third-order valence-corrected chi connectivity index (χ3v) is 14.9. The van der Waals surface area contributed by atoms with E-state index in [1.807, 2.05) is 0 Å². The molecule has 0 bridgehead atoms. The fourth-order valence-electron chi connectivity index (χ4n) is 9.89. The van der Waals surface area contributed by atoms with Gasteiger partial charge in [0.15, 0.2) is 18.7 Å². The first-order valence-corrected chi connectivity index (χ1v) is 30.9. The molecule has 15 heteroatoms. The van der Waals surface area contributed by atoms with E-state index >= 15 is 0 Å². The first-order chi connectivity index (χ1) is 37.0. The van der Waals surface area contributed by atoms with Crippen molar-refractivity contribution >= 4 is 11.9 Å². The van der Waals surface area contributed by atoms with Crippen LogP contribution in [0.5, 0.6) is 0 Å². The summed E-state index contributed by atoms with van der Waals surface area (Å²) in [4.78, 5) is 25.9. The Bertz CT molecular complexity index is 1410. The topological polar surface area (TPSA) is 231 Å². The second-order valence-corrected chi connectivity index (χ2v) is 21.9. The number of unbranched alkanes of at least 4 members (excludes halogenated alkanes) is 32. The summed E-state index contributed by atoms with van der Waals surface area (Å²) >= 11 is 0. The van der Waals surface area contributed by atoms with Gasteiger partial charge in [-0.3, -0.25) is 9.59 Å². The summed E-state index contributed by atoms with van der Waals surface area (Å²) in [5, 5.41) is 72.3. The minimum atomic E-state index is -1.77. The second-order valence-electron chi connectivity index (χ2n) is 21.9. The van der Waals surface area contributed by atoms with Crippen LogP contribution in [0.2, 0.25) is 0 Å². The van der Waals surface area contributed by atoms with Crippen LogP contribution in [0.15, 0.2) is 24.3 Å². The number of carbonyl (C=O) groups excluding carboxylic acids is 2. The van der Waals surface area contributed by atoms with Crippen molar-refractivity contribution in [3.8, 4) is 0 Å². The van der Waals surface area contributed by atoms with Gasteiger partial charge in [0.05, 0.1) is 19.8 Å². The molecular weight excluding hydrogens is 973 g/mol. The summed E-state index contributed by atoms with van der Waals surface area (Å²) in [5.41, 5.74) is 0. The number of ether oxygens (including phenoxy) is 6. The summed E-state index contributed by atoms with van der Waals surface area (Å²) in [6.45, 7) is 2.61. The van der Waals surface area contributed by atoms with Gasteiger partial charge >= 0.3 is 11.9 Å². The lowest BCUT2D eigenvalue weighted by atomic mass is 9.98. The molecule has 2 saturated heterocycles. The van der Waals surface area contributed by atoms with Crippen LogP contribution < -0.4 is 0 Å². The zero-order valence-electron chi connectivity index (χ0n) is 47.8. The number of hydrogen-bond donors (Lipinski definition) is 7. The van der Waals surface area contributed by atoms with E-state index in [-0.39, 0.29) is 26.1 Å². The highest BCUT2D eigenvalue weighted by atomic mass is 16.7. The van der Waals surface area contributed by atoms with Crippen molar-refractivity contribution in [3.63, 3.8) is 0 Å². The largest absolute Gasteiger partial charge is 0.462 e. The highest BCUT2D eigenvalue weighted by Crippen LogP contribution is 2.27. The summed E-state index contributed by atoms with van der Waals surface area (Å²) < 4.78 is 33.7. The molecule has 0 saturated carbocycles. The van der Waals surface area contributed by atoms with Crippen molar-refractivity contribution in [1.82, 2.24) is 0 Å². The Kier molecular flexibility index (Phi) is 44.0. The van der Waals surface area contributed by atoms with Crippen LogP contribution in [-0.2, 0) is 38.0 Å². The maximum atomic E-state index is 13.1. The van der Waals surface area contributed by atoms with E-state index in [1.165, 1.54) is 173 Å². The Balaban J connectivity index is 1.73. The molecule has 0 spiro atoms. The Morgan fingerprint density at radius 3 is 1.24 bits per heavy atom. The smallest absolute Gasteiger partial charge is 0.306 e. The van der Waals surface area contributed by atoms with E-state index in [1.54, 1.807) is 0 Å². The molecule has 0 radical (unpaired) electrons. The standard InChI is InChI=1S/C61H112O15/c1-3-5-7-9-11-13-15-17-19-21-22-23-24-25-26-28-29-31-33-35-37-39-41-43-52(63)71-46-49(74-53(64)44-42-40-38-36-34-32-30-27-20-18-16-14-12-10-8-6-4-2)47-72-60-59(70)57(68)55(66)51(76-60)48-73-61-58(69)56(67)54(65)50(45-62)75-61/h28-29,35,37,49-51,54-62,65-70H,3-27,30-34,36,38-48H2,1-2H3/b29-28+,37-35+/t49-,50+,51+,54-,55-,56?,57?,58?,59?,60+,61+/m0/s1. The Morgan fingerprint density at radius 2 is 0.776 bits per heavy atom. The Morgan fingerprint density at radius 1 is 0.408 bits per heavy atom. The maximum absolute atomic E-state index is 13.1. The molecule has 0 aliphatic carbocycles. The third-order valence-electron chi connectivity index (χ3n) is 14.9. The molecule has 4 unspecified atom stereocenters. The first kappa shape index (κ1) is 70.1. The number of hydrogen-bond acceptors (Lipinski definition) is 15. The molecule has 15 nitrogen and oxygen atoms in total. The molecule has 0 aromatic rings. The molecule has 11 atom stereocenters. The number of esters is 2. The highest BCUT2D eigenvalue weighted by molar-refractivity contribution is 5.70. The number of aliphatic hydroxyl groups is 7. The lowest BCUT2D eigenvalue weighted by molar-refractivity contribution is -0.332. The van der Waals surface area contributed by atoms with Crippen LogP contribution in [0.4, 0.5) is 0 Å². The van der Waals surface area contributed by atoms with Crippen LogP contribution in [-0.4, -0.2) is 142 Å². The number of rotatable bonds is 50. The predicted octanol–water partition coefficient (Wildman–Crippen LogP) is 11.1. The van der Waals surface area contributed by atoms with Gasteiger partial charge in [0, 0.05) is 12.8 Å². The summed E-state index contributed by atoms with van der Waals surface area (Å²) in [5.74, 6) is -0.960. The van der Waals surface area contributed by atoms with Gasteiger partial charge in [-0.15, -0.1) is 0 Å². The van der Waals surface area contributed by atoms with Gasteiger partial charge in [0.25, 0.3) is 0 Å². The van der Waals surface area contributed by atoms with Gasteiger partial charge in [-0.2, -0.15) is 0 Å². The minimum Gasteiger partial charge on any atom is -0.462 e. The van der Waals surface area contributed by atoms with Crippen molar-refractivity contribution < 1.29 is 73.8 Å². The van der Waals surface area contributed by atoms with Gasteiger partial charge in [-0.05, 0) is 44.9 Å². The third kappa shape index (κ3) is 34.2. The van der Waals surface area contributed by atoms with E-state index < -0.39 is 92.7 Å². The molecular formula is C61H112O15. The monoisotopic (exact) mass is 1080 g/mol. The molecule has 446 valence electrons. The zero-order chi connectivity index (χ0) is 55.3. The number of allylic oxidation sites excluding steroid dienone is 4. The fourth-order valence-corrected chi connectivity index (χ4v) is 9.89. The SMILES string of the molecule is CCCCCCCCCCCCCCCC/C=C/CC/C=C/CCCC(=O)OC[C@@H](CO[C@@H]1O[C@H](CO[C@@H]2O[C@H](CO)[C@H](O)C(O)C2O)[C@H](O)C(O)C1O)OC(=O)CCCCCCCCCCCCCCCCCCC. The average molecular weight is 1090 g/mol. The van der Waals surface area contributed by atoms with Gasteiger partial charge in [0.2, 0.25) is 0 Å². The van der Waals surface area contributed by atoms with Crippen molar-refractivity contribution in [1.29, 1.82) is 0 Å². The zero-order valence-corrected chi connectivity index (χ0v) is 47.8. The van der Waals surface area contributed by atoms with Crippen molar-refractivity contribution in [2.75, 3.05) is 26.4 Å². The number of carbonyl (C=O) groups is 2. The van der Waals surface area contributed by atoms with Crippen molar-refractivity contribution in [2.24, 2.45) is 0 Å². The van der Waals surface area contributed by atoms with Crippen molar-refractivity contribution in [2.45, 2.75) is 325 Å².